The van der Waals surface area contributed by atoms with Crippen LogP contribution in [0.15, 0.2) is 64.8 Å². The van der Waals surface area contributed by atoms with Crippen LogP contribution in [0, 0.1) is 6.92 Å². The van der Waals surface area contributed by atoms with Gasteiger partial charge in [-0.05, 0) is 0 Å². The number of aromatic nitrogens is 2. The Bertz CT molecular complexity index is 877. The molecule has 0 atom stereocenters. The maximum absolute atomic E-state index is 4.21. The van der Waals surface area contributed by atoms with Gasteiger partial charge < -0.3 is 0 Å². The van der Waals surface area contributed by atoms with E-state index in [-0.39, 0.29) is 0 Å². The number of rotatable bonds is 1. The van der Waals surface area contributed by atoms with Crippen molar-refractivity contribution in [2.24, 2.45) is 7.05 Å². The van der Waals surface area contributed by atoms with Gasteiger partial charge in [0.25, 0.3) is 0 Å². The average molecular weight is 370 g/mol. The fraction of sp³-hybridized carbons (Fsp3) is 0.111. The van der Waals surface area contributed by atoms with Gasteiger partial charge in [-0.3, -0.25) is 0 Å². The Morgan fingerprint density at radius 3 is 2.77 bits per heavy atom. The van der Waals surface area contributed by atoms with Gasteiger partial charge in [0.15, 0.2) is 0 Å². The summed E-state index contributed by atoms with van der Waals surface area (Å²) >= 11 is 2.24. The first-order chi connectivity index (χ1) is 10.7. The van der Waals surface area contributed by atoms with Crippen molar-refractivity contribution in [3.63, 3.8) is 0 Å². The summed E-state index contributed by atoms with van der Waals surface area (Å²) in [6.07, 6.45) is 3.76. The molecule has 0 N–H and O–H groups in total. The van der Waals surface area contributed by atoms with Crippen LogP contribution in [-0.2, 0) is 7.05 Å². The van der Waals surface area contributed by atoms with Crippen molar-refractivity contribution in [3.05, 3.63) is 60.6 Å². The standard InChI is InChI=1S/C18H15N2SSe/c1-12-7-8-15-18(17(12)13-9-10-19-11-20(13)2)22-16-6-4-3-5-14(16)21-15/h3-11H,1-2H3/q+1. The monoisotopic (exact) mass is 371 g/mol. The second-order valence-electron chi connectivity index (χ2n) is 5.31. The number of aryl methyl sites for hydroxylation is 2. The maximum atomic E-state index is 4.21. The Labute approximate surface area is 140 Å². The van der Waals surface area contributed by atoms with Crippen molar-refractivity contribution >= 4 is 35.6 Å². The first-order valence-electron chi connectivity index (χ1n) is 7.12. The van der Waals surface area contributed by atoms with Crippen LogP contribution < -0.4 is 13.5 Å². The molecule has 0 fully saturated rings. The van der Waals surface area contributed by atoms with Crippen molar-refractivity contribution in [3.8, 4) is 11.3 Å². The zero-order chi connectivity index (χ0) is 15.1. The van der Waals surface area contributed by atoms with Crippen molar-refractivity contribution < 1.29 is 4.57 Å². The van der Waals surface area contributed by atoms with E-state index < -0.39 is 0 Å². The zero-order valence-electron chi connectivity index (χ0n) is 12.4. The number of fused-ring (bicyclic) bond motifs is 2. The fourth-order valence-electron chi connectivity index (χ4n) is 2.70. The van der Waals surface area contributed by atoms with Crippen LogP contribution in [0.3, 0.4) is 0 Å². The zero-order valence-corrected chi connectivity index (χ0v) is 14.9. The van der Waals surface area contributed by atoms with Gasteiger partial charge in [-0.15, -0.1) is 0 Å². The first kappa shape index (κ1) is 14.0. The second kappa shape index (κ2) is 5.54. The molecule has 0 bridgehead atoms. The summed E-state index contributed by atoms with van der Waals surface area (Å²) in [4.78, 5) is 7.02. The van der Waals surface area contributed by atoms with Gasteiger partial charge in [0.05, 0.1) is 0 Å². The fourth-order valence-corrected chi connectivity index (χ4v) is 6.79. The number of hydrogen-bond donors (Lipinski definition) is 0. The van der Waals surface area contributed by atoms with Crippen molar-refractivity contribution in [1.29, 1.82) is 0 Å². The number of nitrogens with zero attached hydrogens (tertiary/aromatic N) is 2. The van der Waals surface area contributed by atoms with Crippen LogP contribution in [0.25, 0.3) is 11.3 Å². The molecule has 2 heterocycles. The van der Waals surface area contributed by atoms with Gasteiger partial charge in [0.1, 0.15) is 0 Å². The van der Waals surface area contributed by atoms with E-state index in [9.17, 15) is 0 Å². The molecule has 0 aliphatic carbocycles. The Morgan fingerprint density at radius 1 is 1.05 bits per heavy atom. The third-order valence-corrected chi connectivity index (χ3v) is 8.05. The Morgan fingerprint density at radius 2 is 1.91 bits per heavy atom. The molecule has 0 amide bonds. The van der Waals surface area contributed by atoms with Gasteiger partial charge in [-0.25, -0.2) is 0 Å². The quantitative estimate of drug-likeness (QED) is 0.377. The number of hydrogen-bond acceptors (Lipinski definition) is 2. The third kappa shape index (κ3) is 2.28. The molecule has 0 radical (unpaired) electrons. The third-order valence-electron chi connectivity index (χ3n) is 3.81. The molecule has 1 aliphatic rings. The minimum atomic E-state index is 0.342. The summed E-state index contributed by atoms with van der Waals surface area (Å²) in [6, 6.07) is 15.4. The Hall–Kier alpha value is -1.61. The molecule has 2 aromatic carbocycles. The van der Waals surface area contributed by atoms with Crippen LogP contribution in [0.1, 0.15) is 5.56 Å². The van der Waals surface area contributed by atoms with E-state index in [4.69, 9.17) is 0 Å². The topological polar surface area (TPSA) is 16.8 Å². The van der Waals surface area contributed by atoms with E-state index in [1.165, 1.54) is 35.5 Å². The van der Waals surface area contributed by atoms with Gasteiger partial charge in [0, 0.05) is 0 Å². The van der Waals surface area contributed by atoms with Crippen LogP contribution in [-0.4, -0.2) is 19.9 Å². The van der Waals surface area contributed by atoms with E-state index in [1.54, 1.807) is 0 Å². The van der Waals surface area contributed by atoms with E-state index in [0.717, 1.165) is 0 Å². The number of benzene rings is 2. The Balaban J connectivity index is 1.94. The molecule has 3 aromatic rings. The molecule has 4 rings (SSSR count). The SMILES string of the molecule is Cc1ccc2c(c1-c1ccnc[n+]1C)[Se]c1ccccc1S2. The average Bonchev–Trinajstić information content (AvgIpc) is 2.54. The van der Waals surface area contributed by atoms with E-state index in [0.29, 0.717) is 15.0 Å². The molecular formula is C18H15N2SSe+. The van der Waals surface area contributed by atoms with Gasteiger partial charge in [-0.1, -0.05) is 0 Å². The second-order valence-corrected chi connectivity index (χ2v) is 8.60. The predicted octanol–water partition coefficient (Wildman–Crippen LogP) is 2.00. The molecule has 22 heavy (non-hydrogen) atoms. The summed E-state index contributed by atoms with van der Waals surface area (Å²) in [6.45, 7) is 2.21. The van der Waals surface area contributed by atoms with Crippen molar-refractivity contribution in [1.82, 2.24) is 4.98 Å². The molecule has 0 saturated heterocycles. The van der Waals surface area contributed by atoms with Crippen LogP contribution in [0.5, 0.6) is 0 Å². The molecule has 108 valence electrons. The van der Waals surface area contributed by atoms with E-state index >= 15 is 0 Å². The normalized spacial score (nSPS) is 12.6. The Kier molecular flexibility index (Phi) is 3.53. The molecular weight excluding hydrogens is 355 g/mol. The molecule has 2 nitrogen and oxygen atoms in total. The van der Waals surface area contributed by atoms with E-state index in [1.807, 2.05) is 24.3 Å². The first-order valence-corrected chi connectivity index (χ1v) is 9.65. The minimum absolute atomic E-state index is 0.342. The van der Waals surface area contributed by atoms with Crippen molar-refractivity contribution in [2.45, 2.75) is 16.7 Å². The molecule has 4 heteroatoms. The molecule has 1 aliphatic heterocycles. The summed E-state index contributed by atoms with van der Waals surface area (Å²) in [5.41, 5.74) is 3.96. The van der Waals surface area contributed by atoms with Gasteiger partial charge in [0.2, 0.25) is 0 Å². The van der Waals surface area contributed by atoms with Crippen LogP contribution >= 0.6 is 11.8 Å². The predicted molar refractivity (Wildman–Crippen MR) is 91.2 cm³/mol. The van der Waals surface area contributed by atoms with Gasteiger partial charge >= 0.3 is 141 Å². The molecule has 1 aromatic heterocycles. The van der Waals surface area contributed by atoms with Crippen molar-refractivity contribution in [2.75, 3.05) is 0 Å². The summed E-state index contributed by atoms with van der Waals surface area (Å²) in [7, 11) is 2.07. The summed E-state index contributed by atoms with van der Waals surface area (Å²) < 4.78 is 5.10. The van der Waals surface area contributed by atoms with E-state index in [2.05, 4.69) is 66.0 Å². The molecule has 0 unspecified atom stereocenters. The summed E-state index contributed by atoms with van der Waals surface area (Å²) in [5, 5.41) is 0. The van der Waals surface area contributed by atoms with Crippen LogP contribution in [0.4, 0.5) is 0 Å². The van der Waals surface area contributed by atoms with Crippen LogP contribution in [0.2, 0.25) is 0 Å². The summed E-state index contributed by atoms with van der Waals surface area (Å²) in [5.74, 6) is 0. The molecule has 0 saturated carbocycles. The molecule has 0 spiro atoms. The van der Waals surface area contributed by atoms with Gasteiger partial charge in [-0.2, -0.15) is 0 Å².